The zero-order chi connectivity index (χ0) is 19.6. The number of nitrogens with zero attached hydrogens (tertiary/aromatic N) is 4. The van der Waals surface area contributed by atoms with Crippen molar-refractivity contribution < 1.29 is 22.4 Å². The Kier molecular flexibility index (Phi) is 4.88. The second-order valence-electron chi connectivity index (χ2n) is 5.58. The van der Waals surface area contributed by atoms with Gasteiger partial charge in [-0.15, -0.1) is 0 Å². The quantitative estimate of drug-likeness (QED) is 0.582. The first kappa shape index (κ1) is 18.5. The van der Waals surface area contributed by atoms with Crippen LogP contribution in [-0.4, -0.2) is 49.6 Å². The first-order valence-corrected chi connectivity index (χ1v) is 7.65. The molecule has 0 aromatic carbocycles. The molecule has 0 aliphatic rings. The molecule has 0 spiro atoms. The number of H-pyrrole nitrogens is 1. The van der Waals surface area contributed by atoms with Gasteiger partial charge in [0.15, 0.2) is 17.5 Å². The maximum atomic E-state index is 14.0. The lowest BCUT2D eigenvalue weighted by Gasteiger charge is -2.16. The van der Waals surface area contributed by atoms with Gasteiger partial charge >= 0.3 is 6.18 Å². The average molecular weight is 383 g/mol. The maximum absolute atomic E-state index is 14.0. The minimum Gasteiger partial charge on any atom is -0.356 e. The van der Waals surface area contributed by atoms with Gasteiger partial charge in [-0.3, -0.25) is 4.79 Å². The molecular formula is C15H13F4N7O. The van der Waals surface area contributed by atoms with E-state index < -0.39 is 30.5 Å². The van der Waals surface area contributed by atoms with Gasteiger partial charge in [-0.2, -0.15) is 13.2 Å². The Bertz CT molecular complexity index is 972. The largest absolute Gasteiger partial charge is 0.405 e. The van der Waals surface area contributed by atoms with E-state index in [1.807, 2.05) is 0 Å². The Balaban J connectivity index is 1.80. The first-order valence-electron chi connectivity index (χ1n) is 7.65. The lowest BCUT2D eigenvalue weighted by molar-refractivity contribution is -0.138. The van der Waals surface area contributed by atoms with Crippen LogP contribution in [0.4, 0.5) is 23.4 Å². The zero-order valence-corrected chi connectivity index (χ0v) is 13.8. The average Bonchev–Trinajstić information content (AvgIpc) is 3.05. The molecule has 3 N–H and O–H groups in total. The molecule has 1 amide bonds. The van der Waals surface area contributed by atoms with Crippen LogP contribution in [0.1, 0.15) is 6.92 Å². The summed E-state index contributed by atoms with van der Waals surface area (Å²) in [5.41, 5.74) is 1.03. The molecule has 0 bridgehead atoms. The predicted octanol–water partition coefficient (Wildman–Crippen LogP) is 2.03. The van der Waals surface area contributed by atoms with Crippen LogP contribution in [0.5, 0.6) is 0 Å². The van der Waals surface area contributed by atoms with Crippen molar-refractivity contribution in [3.8, 4) is 11.4 Å². The summed E-state index contributed by atoms with van der Waals surface area (Å²) in [4.78, 5) is 30.5. The highest BCUT2D eigenvalue weighted by Crippen LogP contribution is 2.25. The summed E-state index contributed by atoms with van der Waals surface area (Å²) in [7, 11) is 0. The molecule has 3 aromatic heterocycles. The Morgan fingerprint density at radius 2 is 2.07 bits per heavy atom. The summed E-state index contributed by atoms with van der Waals surface area (Å²) in [6.07, 6.45) is 0.799. The van der Waals surface area contributed by atoms with Gasteiger partial charge in [-0.05, 0) is 6.92 Å². The van der Waals surface area contributed by atoms with Gasteiger partial charge in [0.2, 0.25) is 5.91 Å². The van der Waals surface area contributed by atoms with Crippen molar-refractivity contribution in [1.29, 1.82) is 0 Å². The molecule has 3 rings (SSSR count). The number of amides is 1. The Morgan fingerprint density at radius 1 is 1.30 bits per heavy atom. The summed E-state index contributed by atoms with van der Waals surface area (Å²) in [6, 6.07) is -1.16. The van der Waals surface area contributed by atoms with Crippen LogP contribution in [0.25, 0.3) is 22.4 Å². The van der Waals surface area contributed by atoms with Crippen LogP contribution in [0.3, 0.4) is 0 Å². The molecule has 0 saturated carbocycles. The number of hydrogen-bond acceptors (Lipinski definition) is 6. The van der Waals surface area contributed by atoms with E-state index in [0.29, 0.717) is 16.6 Å². The fraction of sp³-hybridized carbons (Fsp3) is 0.267. The highest BCUT2D eigenvalue weighted by atomic mass is 19.4. The fourth-order valence-corrected chi connectivity index (χ4v) is 2.25. The van der Waals surface area contributed by atoms with Crippen molar-refractivity contribution in [2.24, 2.45) is 0 Å². The summed E-state index contributed by atoms with van der Waals surface area (Å²) in [5, 5.41) is 4.77. The van der Waals surface area contributed by atoms with E-state index in [9.17, 15) is 22.4 Å². The van der Waals surface area contributed by atoms with Crippen LogP contribution in [0.15, 0.2) is 24.9 Å². The number of anilines is 1. The number of aromatic nitrogens is 5. The number of fused-ring (bicyclic) bond motifs is 1. The number of rotatable bonds is 5. The van der Waals surface area contributed by atoms with E-state index in [1.54, 1.807) is 11.5 Å². The van der Waals surface area contributed by atoms with Crippen LogP contribution in [0, 0.1) is 5.82 Å². The molecule has 0 aliphatic heterocycles. The Labute approximate surface area is 149 Å². The normalized spacial score (nSPS) is 12.8. The van der Waals surface area contributed by atoms with Gasteiger partial charge in [0.05, 0.1) is 6.20 Å². The van der Waals surface area contributed by atoms with Gasteiger partial charge < -0.3 is 15.6 Å². The number of halogens is 4. The highest BCUT2D eigenvalue weighted by molar-refractivity contribution is 5.91. The van der Waals surface area contributed by atoms with Crippen molar-refractivity contribution in [2.45, 2.75) is 19.1 Å². The van der Waals surface area contributed by atoms with E-state index in [-0.39, 0.29) is 11.6 Å². The SMILES string of the molecule is CC(Nc1nc(-c2c[nH]c3ncncc23)ncc1F)C(=O)NCC(F)(F)F. The smallest absolute Gasteiger partial charge is 0.356 e. The van der Waals surface area contributed by atoms with Gasteiger partial charge in [0.1, 0.15) is 24.6 Å². The predicted molar refractivity (Wildman–Crippen MR) is 87.0 cm³/mol. The summed E-state index contributed by atoms with van der Waals surface area (Å²) < 4.78 is 50.5. The van der Waals surface area contributed by atoms with Crippen LogP contribution in [0.2, 0.25) is 0 Å². The maximum Gasteiger partial charge on any atom is 0.405 e. The minimum absolute atomic E-state index is 0.128. The third kappa shape index (κ3) is 4.27. The number of carbonyl (C=O) groups is 1. The van der Waals surface area contributed by atoms with E-state index >= 15 is 0 Å². The highest BCUT2D eigenvalue weighted by Gasteiger charge is 2.29. The van der Waals surface area contributed by atoms with Crippen LogP contribution < -0.4 is 10.6 Å². The second-order valence-corrected chi connectivity index (χ2v) is 5.58. The van der Waals surface area contributed by atoms with Crippen molar-refractivity contribution in [1.82, 2.24) is 30.2 Å². The summed E-state index contributed by atoms with van der Waals surface area (Å²) in [6.45, 7) is -0.197. The summed E-state index contributed by atoms with van der Waals surface area (Å²) >= 11 is 0. The van der Waals surface area contributed by atoms with Crippen molar-refractivity contribution in [3.63, 3.8) is 0 Å². The Hall–Kier alpha value is -3.31. The lowest BCUT2D eigenvalue weighted by Crippen LogP contribution is -2.42. The van der Waals surface area contributed by atoms with E-state index in [0.717, 1.165) is 6.20 Å². The van der Waals surface area contributed by atoms with Crippen LogP contribution in [-0.2, 0) is 4.79 Å². The lowest BCUT2D eigenvalue weighted by atomic mass is 10.2. The second kappa shape index (κ2) is 7.13. The topological polar surface area (TPSA) is 108 Å². The van der Waals surface area contributed by atoms with Gasteiger partial charge in [-0.25, -0.2) is 24.3 Å². The van der Waals surface area contributed by atoms with Crippen molar-refractivity contribution >= 4 is 22.8 Å². The molecule has 8 nitrogen and oxygen atoms in total. The standard InChI is InChI=1S/C15H13F4N7O/c1-7(14(27)23-5-15(17,18)19)25-13-10(16)4-22-12(26-13)9-3-21-11-8(9)2-20-6-24-11/h2-4,6-7H,5H2,1H3,(H,23,27)(H,20,21,24)(H,22,25,26). The van der Waals surface area contributed by atoms with E-state index in [1.165, 1.54) is 19.4 Å². The van der Waals surface area contributed by atoms with Crippen LogP contribution >= 0.6 is 0 Å². The molecule has 142 valence electrons. The number of alkyl halides is 3. The first-order chi connectivity index (χ1) is 12.7. The van der Waals surface area contributed by atoms with E-state index in [2.05, 4.69) is 30.2 Å². The number of hydrogen-bond donors (Lipinski definition) is 3. The molecule has 3 heterocycles. The van der Waals surface area contributed by atoms with Crippen molar-refractivity contribution in [3.05, 3.63) is 30.7 Å². The molecule has 1 unspecified atom stereocenters. The fourth-order valence-electron chi connectivity index (χ4n) is 2.25. The molecular weight excluding hydrogens is 370 g/mol. The van der Waals surface area contributed by atoms with E-state index in [4.69, 9.17) is 0 Å². The molecule has 0 aliphatic carbocycles. The molecule has 27 heavy (non-hydrogen) atoms. The number of carbonyl (C=O) groups excluding carboxylic acids is 1. The molecule has 0 radical (unpaired) electrons. The monoisotopic (exact) mass is 383 g/mol. The van der Waals surface area contributed by atoms with Gasteiger partial charge in [0.25, 0.3) is 0 Å². The zero-order valence-electron chi connectivity index (χ0n) is 13.8. The number of nitrogens with one attached hydrogen (secondary N) is 3. The molecule has 0 saturated heterocycles. The minimum atomic E-state index is -4.54. The molecule has 1 atom stereocenters. The third-order valence-electron chi connectivity index (χ3n) is 3.55. The van der Waals surface area contributed by atoms with Gasteiger partial charge in [0, 0.05) is 23.3 Å². The molecule has 0 fully saturated rings. The Morgan fingerprint density at radius 3 is 2.81 bits per heavy atom. The third-order valence-corrected chi connectivity index (χ3v) is 3.55. The van der Waals surface area contributed by atoms with Crippen molar-refractivity contribution in [2.75, 3.05) is 11.9 Å². The summed E-state index contributed by atoms with van der Waals surface area (Å²) in [5.74, 6) is -2.00. The number of aromatic amines is 1. The molecule has 3 aromatic rings. The molecule has 12 heteroatoms. The van der Waals surface area contributed by atoms with Gasteiger partial charge in [-0.1, -0.05) is 0 Å².